The third-order valence-electron chi connectivity index (χ3n) is 4.82. The molecule has 0 spiro atoms. The zero-order valence-corrected chi connectivity index (χ0v) is 19.9. The zero-order valence-electron chi connectivity index (χ0n) is 16.8. The average Bonchev–Trinajstić information content (AvgIpc) is 2.64. The van der Waals surface area contributed by atoms with E-state index in [0.29, 0.717) is 5.92 Å². The van der Waals surface area contributed by atoms with Crippen LogP contribution in [0.2, 0.25) is 5.02 Å². The maximum atomic E-state index is 6.10. The van der Waals surface area contributed by atoms with Gasteiger partial charge in [0.15, 0.2) is 5.96 Å². The molecule has 1 heterocycles. The second-order valence-corrected chi connectivity index (χ2v) is 7.39. The van der Waals surface area contributed by atoms with E-state index >= 15 is 0 Å². The highest BCUT2D eigenvalue weighted by Crippen LogP contribution is 2.17. The largest absolute Gasteiger partial charge is 0.383 e. The minimum Gasteiger partial charge on any atom is -0.383 e. The van der Waals surface area contributed by atoms with E-state index in [1.807, 2.05) is 18.2 Å². The van der Waals surface area contributed by atoms with Crippen LogP contribution in [-0.2, 0) is 11.3 Å². The van der Waals surface area contributed by atoms with Gasteiger partial charge in [0.05, 0.1) is 6.61 Å². The standard InChI is InChI=1S/C20H33ClN4O.HI/c1-4-22-20(24(2)16-18-6-5-7-19(21)14-18)23-15-17-8-10-25(11-9-17)12-13-26-3;/h5-7,14,17H,4,8-13,15-16H2,1-3H3,(H,22,23);1H. The first-order valence-corrected chi connectivity index (χ1v) is 9.95. The summed E-state index contributed by atoms with van der Waals surface area (Å²) in [6.07, 6.45) is 2.43. The van der Waals surface area contributed by atoms with Gasteiger partial charge in [0.1, 0.15) is 0 Å². The third kappa shape index (κ3) is 8.98. The quantitative estimate of drug-likeness (QED) is 0.330. The molecular formula is C20H34ClIN4O. The van der Waals surface area contributed by atoms with Crippen molar-refractivity contribution in [2.45, 2.75) is 26.3 Å². The lowest BCUT2D eigenvalue weighted by atomic mass is 9.97. The molecule has 0 saturated carbocycles. The first-order chi connectivity index (χ1) is 12.6. The average molecular weight is 509 g/mol. The smallest absolute Gasteiger partial charge is 0.193 e. The minimum absolute atomic E-state index is 0. The van der Waals surface area contributed by atoms with Crippen molar-refractivity contribution in [3.63, 3.8) is 0 Å². The molecule has 0 bridgehead atoms. The van der Waals surface area contributed by atoms with E-state index in [1.54, 1.807) is 7.11 Å². The van der Waals surface area contributed by atoms with E-state index < -0.39 is 0 Å². The number of halogens is 2. The van der Waals surface area contributed by atoms with Crippen molar-refractivity contribution < 1.29 is 4.74 Å². The van der Waals surface area contributed by atoms with Crippen molar-refractivity contribution in [3.8, 4) is 0 Å². The Kier molecular flexibility index (Phi) is 12.3. The molecule has 1 aliphatic rings. The predicted octanol–water partition coefficient (Wildman–Crippen LogP) is 3.71. The van der Waals surface area contributed by atoms with Gasteiger partial charge in [0.25, 0.3) is 0 Å². The molecule has 0 aliphatic carbocycles. The van der Waals surface area contributed by atoms with Gasteiger partial charge in [-0.25, -0.2) is 0 Å². The van der Waals surface area contributed by atoms with Gasteiger partial charge in [-0.15, -0.1) is 24.0 Å². The van der Waals surface area contributed by atoms with Gasteiger partial charge in [-0.2, -0.15) is 0 Å². The Morgan fingerprint density at radius 1 is 1.37 bits per heavy atom. The second-order valence-electron chi connectivity index (χ2n) is 6.96. The lowest BCUT2D eigenvalue weighted by molar-refractivity contribution is 0.121. The minimum atomic E-state index is 0. The molecule has 0 amide bonds. The van der Waals surface area contributed by atoms with Crippen molar-refractivity contribution in [2.75, 3.05) is 53.5 Å². The Morgan fingerprint density at radius 2 is 2.11 bits per heavy atom. The maximum Gasteiger partial charge on any atom is 0.193 e. The first-order valence-electron chi connectivity index (χ1n) is 9.57. The number of piperidine rings is 1. The van der Waals surface area contributed by atoms with Crippen LogP contribution < -0.4 is 5.32 Å². The number of aliphatic imine (C=N–C) groups is 1. The van der Waals surface area contributed by atoms with E-state index in [1.165, 1.54) is 18.4 Å². The zero-order chi connectivity index (χ0) is 18.8. The fourth-order valence-corrected chi connectivity index (χ4v) is 3.50. The molecular weight excluding hydrogens is 475 g/mol. The van der Waals surface area contributed by atoms with E-state index in [9.17, 15) is 0 Å². The summed E-state index contributed by atoms with van der Waals surface area (Å²) in [5, 5.41) is 4.19. The molecule has 0 unspecified atom stereocenters. The van der Waals surface area contributed by atoms with Crippen molar-refractivity contribution in [1.29, 1.82) is 0 Å². The fraction of sp³-hybridized carbons (Fsp3) is 0.650. The molecule has 1 N–H and O–H groups in total. The summed E-state index contributed by atoms with van der Waals surface area (Å²) in [5.41, 5.74) is 1.19. The van der Waals surface area contributed by atoms with E-state index in [0.717, 1.165) is 56.9 Å². The molecule has 1 aliphatic heterocycles. The predicted molar refractivity (Wildman–Crippen MR) is 125 cm³/mol. The Labute approximate surface area is 186 Å². The van der Waals surface area contributed by atoms with Gasteiger partial charge in [-0.1, -0.05) is 23.7 Å². The number of benzene rings is 1. The number of guanidine groups is 1. The summed E-state index contributed by atoms with van der Waals surface area (Å²) in [5.74, 6) is 1.64. The Morgan fingerprint density at radius 3 is 2.74 bits per heavy atom. The summed E-state index contributed by atoms with van der Waals surface area (Å²) in [6.45, 7) is 8.82. The van der Waals surface area contributed by atoms with Gasteiger partial charge < -0.3 is 19.9 Å². The van der Waals surface area contributed by atoms with Crippen LogP contribution in [0.15, 0.2) is 29.3 Å². The molecule has 2 rings (SSSR count). The summed E-state index contributed by atoms with van der Waals surface area (Å²) in [4.78, 5) is 9.55. The Bertz CT molecular complexity index is 565. The van der Waals surface area contributed by atoms with Crippen LogP contribution in [0.5, 0.6) is 0 Å². The lowest BCUT2D eigenvalue weighted by Crippen LogP contribution is -2.40. The Hall–Kier alpha value is -0.570. The summed E-state index contributed by atoms with van der Waals surface area (Å²) in [7, 11) is 3.85. The number of methoxy groups -OCH3 is 1. The van der Waals surface area contributed by atoms with Gasteiger partial charge in [0.2, 0.25) is 0 Å². The molecule has 1 fully saturated rings. The third-order valence-corrected chi connectivity index (χ3v) is 5.06. The van der Waals surface area contributed by atoms with Crippen molar-refractivity contribution >= 4 is 41.5 Å². The lowest BCUT2D eigenvalue weighted by Gasteiger charge is -2.31. The summed E-state index contributed by atoms with van der Waals surface area (Å²) < 4.78 is 5.17. The van der Waals surface area contributed by atoms with Gasteiger partial charge in [-0.3, -0.25) is 4.99 Å². The van der Waals surface area contributed by atoms with Crippen molar-refractivity contribution in [3.05, 3.63) is 34.9 Å². The monoisotopic (exact) mass is 508 g/mol. The van der Waals surface area contributed by atoms with E-state index in [2.05, 4.69) is 35.2 Å². The van der Waals surface area contributed by atoms with Crippen LogP contribution in [0.4, 0.5) is 0 Å². The molecule has 154 valence electrons. The fourth-order valence-electron chi connectivity index (χ4n) is 3.28. The number of rotatable bonds is 8. The van der Waals surface area contributed by atoms with Crippen LogP contribution in [0.1, 0.15) is 25.3 Å². The van der Waals surface area contributed by atoms with Crippen LogP contribution in [0, 0.1) is 5.92 Å². The number of likely N-dealkylation sites (tertiary alicyclic amines) is 1. The molecule has 5 nitrogen and oxygen atoms in total. The van der Waals surface area contributed by atoms with Crippen molar-refractivity contribution in [2.24, 2.45) is 10.9 Å². The SMILES string of the molecule is CCNC(=NCC1CCN(CCOC)CC1)N(C)Cc1cccc(Cl)c1.I. The molecule has 1 aromatic rings. The van der Waals surface area contributed by atoms with E-state index in [4.69, 9.17) is 21.3 Å². The topological polar surface area (TPSA) is 40.1 Å². The Balaban J connectivity index is 0.00000364. The second kappa shape index (κ2) is 13.6. The highest BCUT2D eigenvalue weighted by Gasteiger charge is 2.19. The van der Waals surface area contributed by atoms with Gasteiger partial charge >= 0.3 is 0 Å². The van der Waals surface area contributed by atoms with Crippen LogP contribution in [0.3, 0.4) is 0 Å². The van der Waals surface area contributed by atoms with Crippen LogP contribution in [0.25, 0.3) is 0 Å². The number of ether oxygens (including phenoxy) is 1. The molecule has 0 atom stereocenters. The molecule has 27 heavy (non-hydrogen) atoms. The molecule has 0 radical (unpaired) electrons. The summed E-state index contributed by atoms with van der Waals surface area (Å²) in [6, 6.07) is 8.01. The first kappa shape index (κ1) is 24.5. The summed E-state index contributed by atoms with van der Waals surface area (Å²) >= 11 is 6.10. The molecule has 0 aromatic heterocycles. The maximum absolute atomic E-state index is 6.10. The highest BCUT2D eigenvalue weighted by atomic mass is 127. The highest BCUT2D eigenvalue weighted by molar-refractivity contribution is 14.0. The molecule has 1 aromatic carbocycles. The normalized spacial score (nSPS) is 16.1. The van der Waals surface area contributed by atoms with E-state index in [-0.39, 0.29) is 24.0 Å². The number of hydrogen-bond acceptors (Lipinski definition) is 3. The van der Waals surface area contributed by atoms with Crippen molar-refractivity contribution in [1.82, 2.24) is 15.1 Å². The van der Waals surface area contributed by atoms with Crippen LogP contribution in [-0.4, -0.2) is 69.2 Å². The molecule has 1 saturated heterocycles. The number of hydrogen-bond donors (Lipinski definition) is 1. The van der Waals surface area contributed by atoms with Crippen LogP contribution >= 0.6 is 35.6 Å². The van der Waals surface area contributed by atoms with Gasteiger partial charge in [0, 0.05) is 45.4 Å². The number of nitrogens with zero attached hydrogens (tertiary/aromatic N) is 3. The number of nitrogens with one attached hydrogen (secondary N) is 1. The molecule has 7 heteroatoms. The van der Waals surface area contributed by atoms with Gasteiger partial charge in [-0.05, 0) is 56.5 Å².